The van der Waals surface area contributed by atoms with E-state index in [0.717, 1.165) is 22.8 Å². The van der Waals surface area contributed by atoms with Gasteiger partial charge in [0.2, 0.25) is 0 Å². The van der Waals surface area contributed by atoms with Crippen molar-refractivity contribution in [3.63, 3.8) is 0 Å². The Morgan fingerprint density at radius 1 is 1.04 bits per heavy atom. The minimum atomic E-state index is -0.159. The fourth-order valence-corrected chi connectivity index (χ4v) is 2.83. The average Bonchev–Trinajstić information content (AvgIpc) is 2.91. The molecule has 2 aromatic carbocycles. The molecule has 0 unspecified atom stereocenters. The SMILES string of the molecule is COc1ccc(C(=O)Nc2c(C)nn(Cc3ccc(C)cc3)c2C)cc1. The van der Waals surface area contributed by atoms with Gasteiger partial charge in [0.15, 0.2) is 0 Å². The first-order valence-corrected chi connectivity index (χ1v) is 8.53. The second kappa shape index (κ2) is 7.44. The van der Waals surface area contributed by atoms with Crippen LogP contribution in [0.5, 0.6) is 5.75 Å². The van der Waals surface area contributed by atoms with Crippen LogP contribution in [0.15, 0.2) is 48.5 Å². The lowest BCUT2D eigenvalue weighted by Gasteiger charge is -2.08. The van der Waals surface area contributed by atoms with Gasteiger partial charge < -0.3 is 10.1 Å². The highest BCUT2D eigenvalue weighted by atomic mass is 16.5. The topological polar surface area (TPSA) is 56.1 Å². The van der Waals surface area contributed by atoms with Gasteiger partial charge in [0.25, 0.3) is 5.91 Å². The molecule has 0 aliphatic rings. The van der Waals surface area contributed by atoms with Crippen molar-refractivity contribution in [1.29, 1.82) is 0 Å². The van der Waals surface area contributed by atoms with Crippen molar-refractivity contribution in [2.45, 2.75) is 27.3 Å². The van der Waals surface area contributed by atoms with E-state index in [4.69, 9.17) is 4.74 Å². The lowest BCUT2D eigenvalue weighted by atomic mass is 10.1. The van der Waals surface area contributed by atoms with Gasteiger partial charge in [-0.05, 0) is 50.6 Å². The number of amides is 1. The van der Waals surface area contributed by atoms with E-state index in [0.29, 0.717) is 12.1 Å². The van der Waals surface area contributed by atoms with Crippen LogP contribution < -0.4 is 10.1 Å². The van der Waals surface area contributed by atoms with E-state index in [9.17, 15) is 4.79 Å². The highest BCUT2D eigenvalue weighted by Crippen LogP contribution is 2.22. The smallest absolute Gasteiger partial charge is 0.255 e. The van der Waals surface area contributed by atoms with Gasteiger partial charge in [0, 0.05) is 5.56 Å². The molecule has 0 fully saturated rings. The zero-order chi connectivity index (χ0) is 18.7. The molecule has 1 heterocycles. The number of nitrogens with zero attached hydrogens (tertiary/aromatic N) is 2. The summed E-state index contributed by atoms with van der Waals surface area (Å²) in [6.07, 6.45) is 0. The Morgan fingerprint density at radius 3 is 2.31 bits per heavy atom. The fraction of sp³-hybridized carbons (Fsp3) is 0.238. The van der Waals surface area contributed by atoms with Crippen molar-refractivity contribution in [1.82, 2.24) is 9.78 Å². The molecule has 1 amide bonds. The van der Waals surface area contributed by atoms with Crippen LogP contribution in [-0.2, 0) is 6.54 Å². The van der Waals surface area contributed by atoms with Crippen LogP contribution in [0, 0.1) is 20.8 Å². The summed E-state index contributed by atoms with van der Waals surface area (Å²) < 4.78 is 7.05. The number of hydrogen-bond acceptors (Lipinski definition) is 3. The highest BCUT2D eigenvalue weighted by molar-refractivity contribution is 6.04. The second-order valence-corrected chi connectivity index (χ2v) is 6.37. The first kappa shape index (κ1) is 17.7. The Bertz CT molecular complexity index is 910. The number of rotatable bonds is 5. The summed E-state index contributed by atoms with van der Waals surface area (Å²) in [7, 11) is 1.60. The Morgan fingerprint density at radius 2 is 1.69 bits per heavy atom. The number of hydrogen-bond donors (Lipinski definition) is 1. The van der Waals surface area contributed by atoms with Crippen molar-refractivity contribution in [3.8, 4) is 5.75 Å². The van der Waals surface area contributed by atoms with Gasteiger partial charge >= 0.3 is 0 Å². The third-order valence-corrected chi connectivity index (χ3v) is 4.43. The summed E-state index contributed by atoms with van der Waals surface area (Å²) in [6.45, 7) is 6.62. The molecule has 0 saturated heterocycles. The van der Waals surface area contributed by atoms with Gasteiger partial charge in [-0.2, -0.15) is 5.10 Å². The van der Waals surface area contributed by atoms with Crippen LogP contribution >= 0.6 is 0 Å². The maximum atomic E-state index is 12.5. The van der Waals surface area contributed by atoms with E-state index in [1.54, 1.807) is 31.4 Å². The molecule has 134 valence electrons. The third kappa shape index (κ3) is 3.77. The van der Waals surface area contributed by atoms with E-state index in [1.807, 2.05) is 18.5 Å². The van der Waals surface area contributed by atoms with E-state index in [2.05, 4.69) is 41.6 Å². The summed E-state index contributed by atoms with van der Waals surface area (Å²) >= 11 is 0. The largest absolute Gasteiger partial charge is 0.497 e. The Kier molecular flexibility index (Phi) is 5.07. The second-order valence-electron chi connectivity index (χ2n) is 6.37. The minimum Gasteiger partial charge on any atom is -0.497 e. The summed E-state index contributed by atoms with van der Waals surface area (Å²) in [6, 6.07) is 15.4. The number of aromatic nitrogens is 2. The van der Waals surface area contributed by atoms with Crippen LogP contribution in [0.4, 0.5) is 5.69 Å². The highest BCUT2D eigenvalue weighted by Gasteiger charge is 2.15. The van der Waals surface area contributed by atoms with Crippen LogP contribution in [0.25, 0.3) is 0 Å². The van der Waals surface area contributed by atoms with E-state index < -0.39 is 0 Å². The molecule has 5 nitrogen and oxygen atoms in total. The lowest BCUT2D eigenvalue weighted by molar-refractivity contribution is 0.102. The van der Waals surface area contributed by atoms with Crippen molar-refractivity contribution < 1.29 is 9.53 Å². The quantitative estimate of drug-likeness (QED) is 0.754. The molecular formula is C21H23N3O2. The zero-order valence-electron chi connectivity index (χ0n) is 15.5. The van der Waals surface area contributed by atoms with Gasteiger partial charge in [-0.3, -0.25) is 9.48 Å². The molecule has 1 aromatic heterocycles. The van der Waals surface area contributed by atoms with Crippen LogP contribution in [-0.4, -0.2) is 22.8 Å². The molecule has 5 heteroatoms. The van der Waals surface area contributed by atoms with Crippen LogP contribution in [0.2, 0.25) is 0 Å². The standard InChI is InChI=1S/C21H23N3O2/c1-14-5-7-17(8-6-14)13-24-16(3)20(15(2)23-24)22-21(25)18-9-11-19(26-4)12-10-18/h5-12H,13H2,1-4H3,(H,22,25). The molecule has 0 radical (unpaired) electrons. The molecule has 0 spiro atoms. The third-order valence-electron chi connectivity index (χ3n) is 4.43. The van der Waals surface area contributed by atoms with Gasteiger partial charge in [-0.15, -0.1) is 0 Å². The Labute approximate surface area is 153 Å². The fourth-order valence-electron chi connectivity index (χ4n) is 2.83. The summed E-state index contributed by atoms with van der Waals surface area (Å²) in [4.78, 5) is 12.5. The predicted molar refractivity (Wildman–Crippen MR) is 103 cm³/mol. The van der Waals surface area contributed by atoms with Gasteiger partial charge in [-0.25, -0.2) is 0 Å². The van der Waals surface area contributed by atoms with Crippen LogP contribution in [0.3, 0.4) is 0 Å². The first-order valence-electron chi connectivity index (χ1n) is 8.53. The van der Waals surface area contributed by atoms with Crippen molar-refractivity contribution in [2.24, 2.45) is 0 Å². The minimum absolute atomic E-state index is 0.159. The van der Waals surface area contributed by atoms with Crippen molar-refractivity contribution in [3.05, 3.63) is 76.6 Å². The van der Waals surface area contributed by atoms with Gasteiger partial charge in [0.1, 0.15) is 5.75 Å². The number of nitrogens with one attached hydrogen (secondary N) is 1. The molecule has 0 aliphatic carbocycles. The molecular weight excluding hydrogens is 326 g/mol. The van der Waals surface area contributed by atoms with Crippen molar-refractivity contribution in [2.75, 3.05) is 12.4 Å². The Balaban J connectivity index is 1.78. The summed E-state index contributed by atoms with van der Waals surface area (Å²) in [5, 5.41) is 7.57. The molecule has 0 aliphatic heterocycles. The number of anilines is 1. The molecule has 0 saturated carbocycles. The summed E-state index contributed by atoms with van der Waals surface area (Å²) in [5.41, 5.74) is 5.49. The number of methoxy groups -OCH3 is 1. The number of carbonyl (C=O) groups is 1. The van der Waals surface area contributed by atoms with E-state index in [-0.39, 0.29) is 5.91 Å². The lowest BCUT2D eigenvalue weighted by Crippen LogP contribution is -2.13. The maximum Gasteiger partial charge on any atom is 0.255 e. The molecule has 1 N–H and O–H groups in total. The number of aryl methyl sites for hydroxylation is 2. The van der Waals surface area contributed by atoms with Gasteiger partial charge in [0.05, 0.1) is 30.7 Å². The number of ether oxygens (including phenoxy) is 1. The monoisotopic (exact) mass is 349 g/mol. The van der Waals surface area contributed by atoms with E-state index in [1.165, 1.54) is 11.1 Å². The predicted octanol–water partition coefficient (Wildman–Crippen LogP) is 4.12. The molecule has 3 aromatic rings. The molecule has 3 rings (SSSR count). The molecule has 0 bridgehead atoms. The normalized spacial score (nSPS) is 10.6. The molecule has 26 heavy (non-hydrogen) atoms. The molecule has 0 atom stereocenters. The summed E-state index contributed by atoms with van der Waals surface area (Å²) in [5.74, 6) is 0.563. The van der Waals surface area contributed by atoms with Crippen molar-refractivity contribution >= 4 is 11.6 Å². The van der Waals surface area contributed by atoms with E-state index >= 15 is 0 Å². The number of benzene rings is 2. The first-order chi connectivity index (χ1) is 12.5. The number of carbonyl (C=O) groups excluding carboxylic acids is 1. The average molecular weight is 349 g/mol. The van der Waals surface area contributed by atoms with Crippen LogP contribution in [0.1, 0.15) is 32.9 Å². The van der Waals surface area contributed by atoms with Gasteiger partial charge in [-0.1, -0.05) is 29.8 Å². The zero-order valence-corrected chi connectivity index (χ0v) is 15.5. The maximum absolute atomic E-state index is 12.5. The Hall–Kier alpha value is -3.08.